The predicted molar refractivity (Wildman–Crippen MR) is 113 cm³/mol. The highest BCUT2D eigenvalue weighted by atomic mass is 16.5. The van der Waals surface area contributed by atoms with E-state index >= 15 is 0 Å². The summed E-state index contributed by atoms with van der Waals surface area (Å²) in [5, 5.41) is 0. The van der Waals surface area contributed by atoms with E-state index in [1.54, 1.807) is 21.3 Å². The SMILES string of the molecule is COc1cccc([C@@H](C)N(C)Cc2nc(-c3cccc(OC)c3OC)oc2C)c1. The monoisotopic (exact) mass is 396 g/mol. The van der Waals surface area contributed by atoms with Gasteiger partial charge in [0.1, 0.15) is 11.5 Å². The van der Waals surface area contributed by atoms with Crippen LogP contribution in [0.3, 0.4) is 0 Å². The van der Waals surface area contributed by atoms with Crippen LogP contribution in [0.1, 0.15) is 30.0 Å². The maximum atomic E-state index is 5.97. The van der Waals surface area contributed by atoms with Gasteiger partial charge in [0, 0.05) is 12.6 Å². The van der Waals surface area contributed by atoms with Crippen molar-refractivity contribution in [3.05, 3.63) is 59.5 Å². The van der Waals surface area contributed by atoms with Crippen LogP contribution in [0.4, 0.5) is 0 Å². The molecule has 0 radical (unpaired) electrons. The first kappa shape index (κ1) is 20.7. The van der Waals surface area contributed by atoms with Crippen molar-refractivity contribution in [3.63, 3.8) is 0 Å². The normalized spacial score (nSPS) is 12.1. The predicted octanol–water partition coefficient (Wildman–Crippen LogP) is 4.87. The fraction of sp³-hybridized carbons (Fsp3) is 0.348. The Bertz CT molecular complexity index is 967. The van der Waals surface area contributed by atoms with Crippen LogP contribution >= 0.6 is 0 Å². The lowest BCUT2D eigenvalue weighted by molar-refractivity contribution is 0.248. The third-order valence-electron chi connectivity index (χ3n) is 5.16. The van der Waals surface area contributed by atoms with E-state index < -0.39 is 0 Å². The maximum absolute atomic E-state index is 5.97. The molecule has 0 spiro atoms. The molecule has 0 N–H and O–H groups in total. The molecule has 1 aromatic heterocycles. The average Bonchev–Trinajstić information content (AvgIpc) is 3.12. The van der Waals surface area contributed by atoms with Gasteiger partial charge >= 0.3 is 0 Å². The van der Waals surface area contributed by atoms with Gasteiger partial charge in [0.15, 0.2) is 11.5 Å². The van der Waals surface area contributed by atoms with Gasteiger partial charge in [-0.3, -0.25) is 4.90 Å². The van der Waals surface area contributed by atoms with E-state index in [2.05, 4.69) is 31.0 Å². The minimum Gasteiger partial charge on any atom is -0.497 e. The molecule has 1 heterocycles. The fourth-order valence-corrected chi connectivity index (χ4v) is 3.27. The van der Waals surface area contributed by atoms with E-state index in [0.29, 0.717) is 23.9 Å². The zero-order valence-corrected chi connectivity index (χ0v) is 17.9. The quantitative estimate of drug-likeness (QED) is 0.541. The number of oxazole rings is 1. The second-order valence-electron chi connectivity index (χ2n) is 6.93. The molecule has 6 nitrogen and oxygen atoms in total. The van der Waals surface area contributed by atoms with Gasteiger partial charge in [-0.2, -0.15) is 0 Å². The first-order chi connectivity index (χ1) is 14.0. The number of hydrogen-bond donors (Lipinski definition) is 0. The molecule has 0 aliphatic carbocycles. The smallest absolute Gasteiger partial charge is 0.230 e. The van der Waals surface area contributed by atoms with E-state index in [-0.39, 0.29) is 6.04 Å². The summed E-state index contributed by atoms with van der Waals surface area (Å²) in [7, 11) is 6.98. The lowest BCUT2D eigenvalue weighted by atomic mass is 10.1. The number of para-hydroxylation sites is 1. The Balaban J connectivity index is 1.84. The molecular formula is C23H28N2O4. The Morgan fingerprint density at radius 3 is 2.48 bits per heavy atom. The topological polar surface area (TPSA) is 57.0 Å². The minimum atomic E-state index is 0.191. The van der Waals surface area contributed by atoms with Gasteiger partial charge in [-0.1, -0.05) is 18.2 Å². The standard InChI is InChI=1S/C23H28N2O4/c1-15(17-9-7-10-18(13-17)26-4)25(3)14-20-16(2)29-23(24-20)19-11-8-12-21(27-5)22(19)28-6/h7-13,15H,14H2,1-6H3/t15-/m1/s1. The van der Waals surface area contributed by atoms with Gasteiger partial charge in [0.25, 0.3) is 0 Å². The molecule has 0 aliphatic heterocycles. The first-order valence-corrected chi connectivity index (χ1v) is 9.50. The number of aromatic nitrogens is 1. The molecule has 0 amide bonds. The lowest BCUT2D eigenvalue weighted by Gasteiger charge is -2.24. The minimum absolute atomic E-state index is 0.191. The summed E-state index contributed by atoms with van der Waals surface area (Å²) in [6, 6.07) is 14.0. The Hall–Kier alpha value is -2.99. The third kappa shape index (κ3) is 4.38. The van der Waals surface area contributed by atoms with Gasteiger partial charge < -0.3 is 18.6 Å². The van der Waals surface area contributed by atoms with Crippen molar-refractivity contribution < 1.29 is 18.6 Å². The van der Waals surface area contributed by atoms with Crippen molar-refractivity contribution in [2.45, 2.75) is 26.4 Å². The highest BCUT2D eigenvalue weighted by Gasteiger charge is 2.20. The molecule has 29 heavy (non-hydrogen) atoms. The molecule has 0 fully saturated rings. The Morgan fingerprint density at radius 1 is 1.03 bits per heavy atom. The zero-order valence-electron chi connectivity index (χ0n) is 17.9. The van der Waals surface area contributed by atoms with Crippen molar-refractivity contribution in [1.29, 1.82) is 0 Å². The van der Waals surface area contributed by atoms with Crippen LogP contribution in [-0.2, 0) is 6.54 Å². The van der Waals surface area contributed by atoms with Crippen LogP contribution in [0.15, 0.2) is 46.9 Å². The van der Waals surface area contributed by atoms with Crippen molar-refractivity contribution in [3.8, 4) is 28.7 Å². The first-order valence-electron chi connectivity index (χ1n) is 9.50. The molecule has 3 aromatic rings. The highest BCUT2D eigenvalue weighted by Crippen LogP contribution is 2.38. The molecule has 0 bridgehead atoms. The summed E-state index contributed by atoms with van der Waals surface area (Å²) in [6.07, 6.45) is 0. The van der Waals surface area contributed by atoms with Crippen molar-refractivity contribution in [2.24, 2.45) is 0 Å². The number of methoxy groups -OCH3 is 3. The Labute approximate surface area is 172 Å². The number of aryl methyl sites for hydroxylation is 1. The largest absolute Gasteiger partial charge is 0.497 e. The summed E-state index contributed by atoms with van der Waals surface area (Å²) in [4.78, 5) is 6.97. The number of ether oxygens (including phenoxy) is 3. The molecule has 0 saturated heterocycles. The summed E-state index contributed by atoms with van der Waals surface area (Å²) < 4.78 is 22.2. The molecular weight excluding hydrogens is 368 g/mol. The molecule has 0 unspecified atom stereocenters. The van der Waals surface area contributed by atoms with E-state index in [1.807, 2.05) is 37.3 Å². The van der Waals surface area contributed by atoms with Crippen molar-refractivity contribution in [2.75, 3.05) is 28.4 Å². The van der Waals surface area contributed by atoms with Gasteiger partial charge in [-0.15, -0.1) is 0 Å². The summed E-state index contributed by atoms with van der Waals surface area (Å²) in [5.41, 5.74) is 2.84. The Morgan fingerprint density at radius 2 is 1.79 bits per heavy atom. The third-order valence-corrected chi connectivity index (χ3v) is 5.16. The fourth-order valence-electron chi connectivity index (χ4n) is 3.27. The summed E-state index contributed by atoms with van der Waals surface area (Å²) >= 11 is 0. The lowest BCUT2D eigenvalue weighted by Crippen LogP contribution is -2.22. The maximum Gasteiger partial charge on any atom is 0.230 e. The number of rotatable bonds is 8. The van der Waals surface area contributed by atoms with Crippen molar-refractivity contribution in [1.82, 2.24) is 9.88 Å². The average molecular weight is 396 g/mol. The van der Waals surface area contributed by atoms with Gasteiger partial charge in [0.05, 0.1) is 32.6 Å². The van der Waals surface area contributed by atoms with E-state index in [9.17, 15) is 0 Å². The van der Waals surface area contributed by atoms with E-state index in [1.165, 1.54) is 5.56 Å². The molecule has 6 heteroatoms. The number of benzene rings is 2. The molecule has 3 rings (SSSR count). The van der Waals surface area contributed by atoms with Crippen LogP contribution < -0.4 is 14.2 Å². The molecule has 1 atom stereocenters. The van der Waals surface area contributed by atoms with E-state index in [4.69, 9.17) is 23.6 Å². The highest BCUT2D eigenvalue weighted by molar-refractivity contribution is 5.68. The van der Waals surface area contributed by atoms with Crippen LogP contribution in [0.25, 0.3) is 11.5 Å². The Kier molecular flexibility index (Phi) is 6.44. The van der Waals surface area contributed by atoms with Gasteiger partial charge in [-0.05, 0) is 50.7 Å². The van der Waals surface area contributed by atoms with Gasteiger partial charge in [0.2, 0.25) is 5.89 Å². The number of hydrogen-bond acceptors (Lipinski definition) is 6. The second kappa shape index (κ2) is 9.01. The summed E-state index contributed by atoms with van der Waals surface area (Å²) in [6.45, 7) is 4.75. The van der Waals surface area contributed by atoms with Crippen molar-refractivity contribution >= 4 is 0 Å². The van der Waals surface area contributed by atoms with Gasteiger partial charge in [-0.25, -0.2) is 4.98 Å². The van der Waals surface area contributed by atoms with Crippen LogP contribution in [0, 0.1) is 6.92 Å². The number of nitrogens with zero attached hydrogens (tertiary/aromatic N) is 2. The molecule has 154 valence electrons. The molecule has 0 aliphatic rings. The zero-order chi connectivity index (χ0) is 21.0. The second-order valence-corrected chi connectivity index (χ2v) is 6.93. The van der Waals surface area contributed by atoms with Crippen LogP contribution in [0.5, 0.6) is 17.2 Å². The summed E-state index contributed by atoms with van der Waals surface area (Å²) in [5.74, 6) is 3.42. The molecule has 0 saturated carbocycles. The van der Waals surface area contributed by atoms with Crippen LogP contribution in [0.2, 0.25) is 0 Å². The molecule has 2 aromatic carbocycles. The van der Waals surface area contributed by atoms with Crippen LogP contribution in [-0.4, -0.2) is 38.3 Å². The van der Waals surface area contributed by atoms with E-state index in [0.717, 1.165) is 22.8 Å².